The molecule has 3 rings (SSSR count). The van der Waals surface area contributed by atoms with Crippen molar-refractivity contribution in [3.8, 4) is 0 Å². The summed E-state index contributed by atoms with van der Waals surface area (Å²) in [7, 11) is 0. The molecule has 2 aromatic carbocycles. The van der Waals surface area contributed by atoms with Crippen molar-refractivity contribution in [1.82, 2.24) is 4.98 Å². The summed E-state index contributed by atoms with van der Waals surface area (Å²) in [6, 6.07) is 13.7. The second kappa shape index (κ2) is 3.42. The van der Waals surface area contributed by atoms with Gasteiger partial charge in [-0.15, -0.1) is 0 Å². The molecule has 2 heteroatoms. The van der Waals surface area contributed by atoms with Gasteiger partial charge in [-0.25, -0.2) is 0 Å². The van der Waals surface area contributed by atoms with Gasteiger partial charge in [-0.2, -0.15) is 0 Å². The van der Waals surface area contributed by atoms with Crippen LogP contribution >= 0.6 is 0 Å². The van der Waals surface area contributed by atoms with Gasteiger partial charge in [0.2, 0.25) is 0 Å². The molecule has 0 aliphatic carbocycles. The van der Waals surface area contributed by atoms with Crippen LogP contribution in [0, 0.1) is 0 Å². The van der Waals surface area contributed by atoms with E-state index < -0.39 is 0 Å². The second-order valence-electron chi connectivity index (χ2n) is 3.74. The van der Waals surface area contributed by atoms with E-state index in [1.54, 1.807) is 0 Å². The maximum Gasteiger partial charge on any atom is 0.150 e. The zero-order valence-electron chi connectivity index (χ0n) is 8.55. The van der Waals surface area contributed by atoms with Crippen LogP contribution in [0.25, 0.3) is 21.7 Å². The maximum atomic E-state index is 10.7. The van der Waals surface area contributed by atoms with Crippen molar-refractivity contribution < 1.29 is 4.79 Å². The number of fused-ring (bicyclic) bond motifs is 3. The molecule has 16 heavy (non-hydrogen) atoms. The van der Waals surface area contributed by atoms with Gasteiger partial charge in [-0.05, 0) is 17.5 Å². The summed E-state index contributed by atoms with van der Waals surface area (Å²) in [4.78, 5) is 15.1. The Bertz CT molecular complexity index is 688. The first-order valence-electron chi connectivity index (χ1n) is 5.11. The molecule has 0 fully saturated rings. The maximum absolute atomic E-state index is 10.7. The number of pyridine rings is 1. The fourth-order valence-electron chi connectivity index (χ4n) is 1.96. The van der Waals surface area contributed by atoms with E-state index in [1.807, 2.05) is 48.7 Å². The third-order valence-corrected chi connectivity index (χ3v) is 2.75. The van der Waals surface area contributed by atoms with E-state index in [1.165, 1.54) is 0 Å². The SMILES string of the molecule is O=Cc1ccc2c(cnc3ccccc32)c1. The Labute approximate surface area is 92.5 Å². The summed E-state index contributed by atoms with van der Waals surface area (Å²) in [5, 5.41) is 3.26. The van der Waals surface area contributed by atoms with E-state index in [2.05, 4.69) is 4.98 Å². The van der Waals surface area contributed by atoms with Gasteiger partial charge in [0.05, 0.1) is 5.52 Å². The van der Waals surface area contributed by atoms with Gasteiger partial charge in [0.25, 0.3) is 0 Å². The van der Waals surface area contributed by atoms with E-state index in [0.717, 1.165) is 28.0 Å². The van der Waals surface area contributed by atoms with E-state index in [-0.39, 0.29) is 0 Å². The second-order valence-corrected chi connectivity index (χ2v) is 3.74. The van der Waals surface area contributed by atoms with Gasteiger partial charge in [0, 0.05) is 22.5 Å². The van der Waals surface area contributed by atoms with Crippen molar-refractivity contribution in [2.45, 2.75) is 0 Å². The number of aldehydes is 1. The van der Waals surface area contributed by atoms with E-state index in [4.69, 9.17) is 0 Å². The van der Waals surface area contributed by atoms with E-state index in [9.17, 15) is 4.79 Å². The summed E-state index contributed by atoms with van der Waals surface area (Å²) < 4.78 is 0. The smallest absolute Gasteiger partial charge is 0.150 e. The van der Waals surface area contributed by atoms with Gasteiger partial charge in [-0.3, -0.25) is 9.78 Å². The van der Waals surface area contributed by atoms with Crippen LogP contribution in [-0.4, -0.2) is 11.3 Å². The first kappa shape index (κ1) is 9.04. The van der Waals surface area contributed by atoms with Crippen molar-refractivity contribution in [1.29, 1.82) is 0 Å². The number of rotatable bonds is 1. The largest absolute Gasteiger partial charge is 0.298 e. The monoisotopic (exact) mass is 207 g/mol. The fourth-order valence-corrected chi connectivity index (χ4v) is 1.96. The van der Waals surface area contributed by atoms with Crippen LogP contribution in [0.5, 0.6) is 0 Å². The molecule has 0 saturated carbocycles. The Morgan fingerprint density at radius 2 is 1.88 bits per heavy atom. The van der Waals surface area contributed by atoms with Crippen molar-refractivity contribution in [2.75, 3.05) is 0 Å². The van der Waals surface area contributed by atoms with Crippen molar-refractivity contribution >= 4 is 28.0 Å². The molecule has 0 aliphatic heterocycles. The number of aromatic nitrogens is 1. The van der Waals surface area contributed by atoms with Crippen molar-refractivity contribution in [2.24, 2.45) is 0 Å². The Morgan fingerprint density at radius 1 is 1.00 bits per heavy atom. The zero-order valence-corrected chi connectivity index (χ0v) is 8.55. The Hall–Kier alpha value is -2.22. The predicted octanol–water partition coefficient (Wildman–Crippen LogP) is 3.20. The summed E-state index contributed by atoms with van der Waals surface area (Å²) in [6.45, 7) is 0. The molecule has 0 aliphatic rings. The lowest BCUT2D eigenvalue weighted by molar-refractivity contribution is 0.112. The Morgan fingerprint density at radius 3 is 2.75 bits per heavy atom. The number of hydrogen-bond donors (Lipinski definition) is 0. The summed E-state index contributed by atoms with van der Waals surface area (Å²) >= 11 is 0. The van der Waals surface area contributed by atoms with Crippen LogP contribution in [0.1, 0.15) is 10.4 Å². The minimum atomic E-state index is 0.685. The van der Waals surface area contributed by atoms with Crippen LogP contribution < -0.4 is 0 Å². The van der Waals surface area contributed by atoms with Crippen LogP contribution in [-0.2, 0) is 0 Å². The molecule has 0 amide bonds. The molecule has 1 heterocycles. The molecule has 3 aromatic rings. The summed E-state index contributed by atoms with van der Waals surface area (Å²) in [5.41, 5.74) is 1.67. The van der Waals surface area contributed by atoms with Gasteiger partial charge in [-0.1, -0.05) is 30.3 Å². The molecule has 0 radical (unpaired) electrons. The minimum absolute atomic E-state index is 0.685. The van der Waals surface area contributed by atoms with Crippen LogP contribution in [0.4, 0.5) is 0 Å². The standard InChI is InChI=1S/C14H9NO/c16-9-10-5-6-12-11(7-10)8-15-14-4-2-1-3-13(12)14/h1-9H. The third-order valence-electron chi connectivity index (χ3n) is 2.75. The molecule has 0 unspecified atom stereocenters. The fraction of sp³-hybridized carbons (Fsp3) is 0. The highest BCUT2D eigenvalue weighted by molar-refractivity contribution is 6.06. The van der Waals surface area contributed by atoms with Crippen LogP contribution in [0.15, 0.2) is 48.7 Å². The zero-order chi connectivity index (χ0) is 11.0. The summed E-state index contributed by atoms with van der Waals surface area (Å²) in [6.07, 6.45) is 2.67. The molecule has 0 spiro atoms. The van der Waals surface area contributed by atoms with Gasteiger partial charge < -0.3 is 0 Å². The van der Waals surface area contributed by atoms with Gasteiger partial charge >= 0.3 is 0 Å². The lowest BCUT2D eigenvalue weighted by atomic mass is 10.0. The number of carbonyl (C=O) groups is 1. The number of carbonyl (C=O) groups excluding carboxylic acids is 1. The first-order valence-corrected chi connectivity index (χ1v) is 5.11. The topological polar surface area (TPSA) is 30.0 Å². The molecule has 1 aromatic heterocycles. The number of hydrogen-bond acceptors (Lipinski definition) is 2. The van der Waals surface area contributed by atoms with E-state index >= 15 is 0 Å². The molecular weight excluding hydrogens is 198 g/mol. The number of benzene rings is 2. The molecule has 0 N–H and O–H groups in total. The van der Waals surface area contributed by atoms with Crippen LogP contribution in [0.3, 0.4) is 0 Å². The molecule has 0 saturated heterocycles. The minimum Gasteiger partial charge on any atom is -0.298 e. The highest BCUT2D eigenvalue weighted by Crippen LogP contribution is 2.23. The predicted molar refractivity (Wildman–Crippen MR) is 64.6 cm³/mol. The molecule has 2 nitrogen and oxygen atoms in total. The van der Waals surface area contributed by atoms with Crippen molar-refractivity contribution in [3.63, 3.8) is 0 Å². The lowest BCUT2D eigenvalue weighted by Gasteiger charge is -2.03. The summed E-state index contributed by atoms with van der Waals surface area (Å²) in [5.74, 6) is 0. The molecule has 76 valence electrons. The highest BCUT2D eigenvalue weighted by atomic mass is 16.1. The van der Waals surface area contributed by atoms with E-state index in [0.29, 0.717) is 5.56 Å². The first-order chi connectivity index (χ1) is 7.88. The molecule has 0 bridgehead atoms. The Balaban J connectivity index is 2.47. The van der Waals surface area contributed by atoms with Gasteiger partial charge in [0.1, 0.15) is 6.29 Å². The van der Waals surface area contributed by atoms with Crippen molar-refractivity contribution in [3.05, 3.63) is 54.2 Å². The third kappa shape index (κ3) is 1.27. The van der Waals surface area contributed by atoms with Crippen LogP contribution in [0.2, 0.25) is 0 Å². The Kier molecular flexibility index (Phi) is 1.93. The number of para-hydroxylation sites is 1. The normalized spacial score (nSPS) is 10.8. The molecule has 0 atom stereocenters. The quantitative estimate of drug-likeness (QED) is 0.453. The highest BCUT2D eigenvalue weighted by Gasteiger charge is 2.01. The lowest BCUT2D eigenvalue weighted by Crippen LogP contribution is -1.84. The van der Waals surface area contributed by atoms with Gasteiger partial charge in [0.15, 0.2) is 0 Å². The average molecular weight is 207 g/mol. The molecular formula is C14H9NO. The average Bonchev–Trinajstić information content (AvgIpc) is 2.38. The number of nitrogens with zero attached hydrogens (tertiary/aromatic N) is 1.